The number of halogens is 1. The maximum absolute atomic E-state index is 13.3. The first-order valence-electron chi connectivity index (χ1n) is 6.79. The number of pyridine rings is 1. The van der Waals surface area contributed by atoms with Crippen LogP contribution in [0.15, 0.2) is 48.8 Å². The van der Waals surface area contributed by atoms with Crippen molar-refractivity contribution in [1.29, 1.82) is 0 Å². The molecule has 1 unspecified atom stereocenters. The average molecular weight is 273 g/mol. The summed E-state index contributed by atoms with van der Waals surface area (Å²) in [7, 11) is 0. The normalized spacial score (nSPS) is 12.6. The smallest absolute Gasteiger partial charge is 0.141 e. The molecule has 2 rings (SSSR count). The Morgan fingerprint density at radius 3 is 2.65 bits per heavy atom. The number of hydrogen-bond donors (Lipinski definition) is 1. The molecule has 1 aromatic heterocycles. The van der Waals surface area contributed by atoms with E-state index in [1.165, 1.54) is 17.8 Å². The Labute approximate surface area is 119 Å². The number of nitrogens with two attached hydrogens (primary N) is 1. The van der Waals surface area contributed by atoms with Gasteiger partial charge in [-0.05, 0) is 24.1 Å². The van der Waals surface area contributed by atoms with Crippen LogP contribution < -0.4 is 5.73 Å². The van der Waals surface area contributed by atoms with Crippen LogP contribution >= 0.6 is 0 Å². The van der Waals surface area contributed by atoms with Crippen LogP contribution in [0.5, 0.6) is 0 Å². The third kappa shape index (κ3) is 3.85. The van der Waals surface area contributed by atoms with Crippen molar-refractivity contribution in [2.45, 2.75) is 19.5 Å². The van der Waals surface area contributed by atoms with E-state index in [-0.39, 0.29) is 11.9 Å². The summed E-state index contributed by atoms with van der Waals surface area (Å²) in [6.45, 7) is 4.16. The lowest BCUT2D eigenvalue weighted by Gasteiger charge is -2.29. The lowest BCUT2D eigenvalue weighted by Crippen LogP contribution is -2.31. The summed E-state index contributed by atoms with van der Waals surface area (Å²) >= 11 is 0. The number of aromatic nitrogens is 1. The second-order valence-corrected chi connectivity index (χ2v) is 4.86. The summed E-state index contributed by atoms with van der Waals surface area (Å²) in [5.74, 6) is -0.304. The quantitative estimate of drug-likeness (QED) is 0.880. The van der Waals surface area contributed by atoms with Crippen molar-refractivity contribution in [1.82, 2.24) is 9.88 Å². The topological polar surface area (TPSA) is 42.2 Å². The molecule has 0 saturated carbocycles. The lowest BCUT2D eigenvalue weighted by atomic mass is 10.1. The minimum Gasteiger partial charge on any atom is -0.329 e. The zero-order chi connectivity index (χ0) is 14.4. The Kier molecular flexibility index (Phi) is 5.21. The van der Waals surface area contributed by atoms with Crippen LogP contribution in [0.1, 0.15) is 24.1 Å². The largest absolute Gasteiger partial charge is 0.329 e. The Bertz CT molecular complexity index is 530. The van der Waals surface area contributed by atoms with Gasteiger partial charge in [-0.1, -0.05) is 30.3 Å². The summed E-state index contributed by atoms with van der Waals surface area (Å²) in [4.78, 5) is 6.15. The van der Waals surface area contributed by atoms with Crippen molar-refractivity contribution >= 4 is 0 Å². The lowest BCUT2D eigenvalue weighted by molar-refractivity contribution is 0.207. The molecule has 2 aromatic rings. The van der Waals surface area contributed by atoms with Gasteiger partial charge in [0.25, 0.3) is 0 Å². The van der Waals surface area contributed by atoms with E-state index in [0.717, 1.165) is 18.7 Å². The minimum absolute atomic E-state index is 0.0713. The maximum Gasteiger partial charge on any atom is 0.141 e. The number of rotatable bonds is 6. The Morgan fingerprint density at radius 2 is 2.00 bits per heavy atom. The molecule has 1 heterocycles. The predicted octanol–water partition coefficient (Wildman–Crippen LogP) is 2.74. The van der Waals surface area contributed by atoms with Crippen molar-refractivity contribution in [2.75, 3.05) is 13.1 Å². The minimum atomic E-state index is -0.304. The highest BCUT2D eigenvalue weighted by atomic mass is 19.1. The molecule has 1 aromatic carbocycles. The summed E-state index contributed by atoms with van der Waals surface area (Å²) in [6.07, 6.45) is 2.93. The summed E-state index contributed by atoms with van der Waals surface area (Å²) in [5.41, 5.74) is 7.79. The van der Waals surface area contributed by atoms with E-state index in [9.17, 15) is 4.39 Å². The summed E-state index contributed by atoms with van der Waals surface area (Å²) in [6, 6.07) is 11.8. The van der Waals surface area contributed by atoms with Gasteiger partial charge in [0.2, 0.25) is 0 Å². The van der Waals surface area contributed by atoms with E-state index >= 15 is 0 Å². The van der Waals surface area contributed by atoms with E-state index in [4.69, 9.17) is 5.73 Å². The first kappa shape index (κ1) is 14.6. The van der Waals surface area contributed by atoms with E-state index < -0.39 is 0 Å². The molecule has 20 heavy (non-hydrogen) atoms. The second-order valence-electron chi connectivity index (χ2n) is 4.86. The Morgan fingerprint density at radius 1 is 1.25 bits per heavy atom. The summed E-state index contributed by atoms with van der Waals surface area (Å²) < 4.78 is 13.3. The fraction of sp³-hybridized carbons (Fsp3) is 0.312. The van der Waals surface area contributed by atoms with Gasteiger partial charge < -0.3 is 5.73 Å². The SMILES string of the molecule is CC(c1cncc(F)c1)N(CCN)Cc1ccccc1. The van der Waals surface area contributed by atoms with Gasteiger partial charge in [0, 0.05) is 31.9 Å². The van der Waals surface area contributed by atoms with E-state index in [2.05, 4.69) is 28.9 Å². The van der Waals surface area contributed by atoms with Gasteiger partial charge in [-0.2, -0.15) is 0 Å². The maximum atomic E-state index is 13.3. The molecule has 4 heteroatoms. The number of nitrogens with zero attached hydrogens (tertiary/aromatic N) is 2. The first-order chi connectivity index (χ1) is 9.70. The van der Waals surface area contributed by atoms with Crippen LogP contribution in [0.4, 0.5) is 4.39 Å². The van der Waals surface area contributed by atoms with E-state index in [0.29, 0.717) is 6.54 Å². The highest BCUT2D eigenvalue weighted by Crippen LogP contribution is 2.21. The molecule has 0 spiro atoms. The third-order valence-electron chi connectivity index (χ3n) is 3.40. The van der Waals surface area contributed by atoms with Crippen LogP contribution in [-0.2, 0) is 6.54 Å². The molecule has 106 valence electrons. The molecule has 2 N–H and O–H groups in total. The third-order valence-corrected chi connectivity index (χ3v) is 3.40. The van der Waals surface area contributed by atoms with Crippen molar-refractivity contribution in [3.63, 3.8) is 0 Å². The molecule has 0 aliphatic rings. The van der Waals surface area contributed by atoms with Crippen molar-refractivity contribution in [2.24, 2.45) is 5.73 Å². The molecular formula is C16H20FN3. The van der Waals surface area contributed by atoms with Crippen LogP contribution in [0.3, 0.4) is 0 Å². The van der Waals surface area contributed by atoms with E-state index in [1.807, 2.05) is 18.2 Å². The van der Waals surface area contributed by atoms with E-state index in [1.54, 1.807) is 6.20 Å². The monoisotopic (exact) mass is 273 g/mol. The standard InChI is InChI=1S/C16H20FN3/c1-13(15-9-16(17)11-19-10-15)20(8-7-18)12-14-5-3-2-4-6-14/h2-6,9-11,13H,7-8,12,18H2,1H3. The fourth-order valence-corrected chi connectivity index (χ4v) is 2.26. The van der Waals surface area contributed by atoms with Gasteiger partial charge in [-0.25, -0.2) is 4.39 Å². The number of benzene rings is 1. The molecular weight excluding hydrogens is 253 g/mol. The van der Waals surface area contributed by atoms with Crippen molar-refractivity contribution in [3.8, 4) is 0 Å². The van der Waals surface area contributed by atoms with Gasteiger partial charge in [0.1, 0.15) is 5.82 Å². The predicted molar refractivity (Wildman–Crippen MR) is 78.5 cm³/mol. The molecule has 3 nitrogen and oxygen atoms in total. The highest BCUT2D eigenvalue weighted by Gasteiger charge is 2.16. The Hall–Kier alpha value is -1.78. The number of hydrogen-bond acceptors (Lipinski definition) is 3. The van der Waals surface area contributed by atoms with Gasteiger partial charge in [0.05, 0.1) is 6.20 Å². The van der Waals surface area contributed by atoms with Crippen LogP contribution in [-0.4, -0.2) is 23.0 Å². The van der Waals surface area contributed by atoms with Gasteiger partial charge >= 0.3 is 0 Å². The molecule has 0 saturated heterocycles. The van der Waals surface area contributed by atoms with Crippen LogP contribution in [0.25, 0.3) is 0 Å². The molecule has 0 amide bonds. The summed E-state index contributed by atoms with van der Waals surface area (Å²) in [5, 5.41) is 0. The van der Waals surface area contributed by atoms with Crippen molar-refractivity contribution in [3.05, 3.63) is 65.7 Å². The molecule has 0 bridgehead atoms. The van der Waals surface area contributed by atoms with Gasteiger partial charge in [-0.15, -0.1) is 0 Å². The van der Waals surface area contributed by atoms with Gasteiger partial charge in [-0.3, -0.25) is 9.88 Å². The zero-order valence-electron chi connectivity index (χ0n) is 11.7. The van der Waals surface area contributed by atoms with Gasteiger partial charge in [0.15, 0.2) is 0 Å². The fourth-order valence-electron chi connectivity index (χ4n) is 2.26. The molecule has 1 atom stereocenters. The van der Waals surface area contributed by atoms with Crippen LogP contribution in [0, 0.1) is 5.82 Å². The average Bonchev–Trinajstić information content (AvgIpc) is 2.47. The second kappa shape index (κ2) is 7.12. The highest BCUT2D eigenvalue weighted by molar-refractivity contribution is 5.17. The zero-order valence-corrected chi connectivity index (χ0v) is 11.7. The first-order valence-corrected chi connectivity index (χ1v) is 6.79. The molecule has 0 radical (unpaired) electrons. The Balaban J connectivity index is 2.15. The van der Waals surface area contributed by atoms with Crippen LogP contribution in [0.2, 0.25) is 0 Å². The molecule has 0 fully saturated rings. The molecule has 0 aliphatic carbocycles. The van der Waals surface area contributed by atoms with Crippen molar-refractivity contribution < 1.29 is 4.39 Å². The molecule has 0 aliphatic heterocycles.